The molecule has 0 saturated carbocycles. The largest absolute Gasteiger partial charge is 0.497 e. The van der Waals surface area contributed by atoms with Crippen LogP contribution in [-0.2, 0) is 4.79 Å². The number of carbonyl (C=O) groups is 1. The minimum absolute atomic E-state index is 0.0490. The van der Waals surface area contributed by atoms with Crippen molar-refractivity contribution < 1.29 is 9.53 Å². The first-order valence-corrected chi connectivity index (χ1v) is 8.10. The highest BCUT2D eigenvalue weighted by molar-refractivity contribution is 7.99. The van der Waals surface area contributed by atoms with Crippen LogP contribution in [0.4, 0.5) is 0 Å². The molecule has 0 aliphatic rings. The zero-order chi connectivity index (χ0) is 17.1. The number of nitrogen functional groups attached to an aromatic ring is 1. The Kier molecular flexibility index (Phi) is 4.52. The molecule has 124 valence electrons. The van der Waals surface area contributed by atoms with Crippen molar-refractivity contribution in [3.05, 3.63) is 30.3 Å². The topological polar surface area (TPSA) is 112 Å². The lowest BCUT2D eigenvalue weighted by molar-refractivity contribution is -0.114. The van der Waals surface area contributed by atoms with E-state index in [1.54, 1.807) is 7.11 Å². The van der Waals surface area contributed by atoms with E-state index in [0.717, 1.165) is 17.0 Å². The molecule has 0 amide bonds. The lowest BCUT2D eigenvalue weighted by Gasteiger charge is -2.00. The van der Waals surface area contributed by atoms with Crippen molar-refractivity contribution in [2.75, 3.05) is 18.7 Å². The first kappa shape index (κ1) is 16.1. The van der Waals surface area contributed by atoms with Crippen LogP contribution in [0, 0.1) is 0 Å². The zero-order valence-corrected chi connectivity index (χ0v) is 14.0. The SMILES string of the molecule is COc1ccc(-c2cc(-c3nnc(SCC(C)=O)n3N)[nH]n2)cc1. The van der Waals surface area contributed by atoms with Crippen LogP contribution in [0.15, 0.2) is 35.5 Å². The van der Waals surface area contributed by atoms with E-state index in [0.29, 0.717) is 22.4 Å². The van der Waals surface area contributed by atoms with Gasteiger partial charge in [-0.25, -0.2) is 4.68 Å². The number of rotatable bonds is 6. The number of nitrogens with zero attached hydrogens (tertiary/aromatic N) is 4. The van der Waals surface area contributed by atoms with E-state index in [2.05, 4.69) is 20.4 Å². The molecule has 2 heterocycles. The molecule has 0 atom stereocenters. The minimum atomic E-state index is 0.0490. The summed E-state index contributed by atoms with van der Waals surface area (Å²) in [5.74, 6) is 7.59. The fourth-order valence-corrected chi connectivity index (χ4v) is 2.73. The third-order valence-corrected chi connectivity index (χ3v) is 4.36. The maximum absolute atomic E-state index is 11.1. The molecule has 3 N–H and O–H groups in total. The molecule has 3 aromatic rings. The van der Waals surface area contributed by atoms with Crippen molar-refractivity contribution in [2.45, 2.75) is 12.1 Å². The lowest BCUT2D eigenvalue weighted by atomic mass is 10.1. The van der Waals surface area contributed by atoms with E-state index < -0.39 is 0 Å². The molecule has 0 aliphatic heterocycles. The Morgan fingerprint density at radius 3 is 2.75 bits per heavy atom. The monoisotopic (exact) mass is 344 g/mol. The second-order valence-corrected chi connectivity index (χ2v) is 6.00. The average molecular weight is 344 g/mol. The van der Waals surface area contributed by atoms with Gasteiger partial charge in [-0.1, -0.05) is 11.8 Å². The summed E-state index contributed by atoms with van der Waals surface area (Å²) in [5, 5.41) is 15.7. The number of nitrogens with two attached hydrogens (primary N) is 1. The van der Waals surface area contributed by atoms with Gasteiger partial charge in [-0.15, -0.1) is 10.2 Å². The number of aromatic nitrogens is 5. The second kappa shape index (κ2) is 6.75. The van der Waals surface area contributed by atoms with Crippen LogP contribution >= 0.6 is 11.8 Å². The van der Waals surface area contributed by atoms with Gasteiger partial charge in [-0.2, -0.15) is 5.10 Å². The predicted molar refractivity (Wildman–Crippen MR) is 91.1 cm³/mol. The number of hydrogen-bond acceptors (Lipinski definition) is 7. The quantitative estimate of drug-likeness (QED) is 0.517. The number of Topliss-reactive ketones (excluding diaryl/α,β-unsaturated/α-hetero) is 1. The number of carbonyl (C=O) groups excluding carboxylic acids is 1. The minimum Gasteiger partial charge on any atom is -0.497 e. The van der Waals surface area contributed by atoms with E-state index in [9.17, 15) is 4.79 Å². The van der Waals surface area contributed by atoms with Crippen molar-refractivity contribution in [3.8, 4) is 28.5 Å². The fourth-order valence-electron chi connectivity index (χ4n) is 2.07. The summed E-state index contributed by atoms with van der Waals surface area (Å²) < 4.78 is 6.49. The first-order valence-electron chi connectivity index (χ1n) is 7.11. The maximum Gasteiger partial charge on any atom is 0.210 e. The van der Waals surface area contributed by atoms with Gasteiger partial charge in [-0.05, 0) is 37.3 Å². The van der Waals surface area contributed by atoms with Gasteiger partial charge in [0.1, 0.15) is 17.2 Å². The van der Waals surface area contributed by atoms with Crippen LogP contribution in [0.1, 0.15) is 6.92 Å². The summed E-state index contributed by atoms with van der Waals surface area (Å²) in [6, 6.07) is 9.41. The average Bonchev–Trinajstić information content (AvgIpc) is 3.20. The molecule has 1 aromatic carbocycles. The van der Waals surface area contributed by atoms with E-state index in [4.69, 9.17) is 10.6 Å². The van der Waals surface area contributed by atoms with Crippen molar-refractivity contribution in [2.24, 2.45) is 0 Å². The molecule has 0 spiro atoms. The van der Waals surface area contributed by atoms with Gasteiger partial charge in [0.05, 0.1) is 18.6 Å². The lowest BCUT2D eigenvalue weighted by Crippen LogP contribution is -2.12. The van der Waals surface area contributed by atoms with Crippen LogP contribution in [0.2, 0.25) is 0 Å². The number of methoxy groups -OCH3 is 1. The van der Waals surface area contributed by atoms with Gasteiger partial charge in [-0.3, -0.25) is 9.89 Å². The van der Waals surface area contributed by atoms with E-state index >= 15 is 0 Å². The third kappa shape index (κ3) is 3.25. The summed E-state index contributed by atoms with van der Waals surface area (Å²) in [5.41, 5.74) is 2.34. The van der Waals surface area contributed by atoms with Gasteiger partial charge >= 0.3 is 0 Å². The Hall–Kier alpha value is -2.81. The van der Waals surface area contributed by atoms with Gasteiger partial charge < -0.3 is 10.6 Å². The van der Waals surface area contributed by atoms with E-state index in [1.165, 1.54) is 23.4 Å². The van der Waals surface area contributed by atoms with Crippen molar-refractivity contribution in [1.82, 2.24) is 25.1 Å². The summed E-state index contributed by atoms with van der Waals surface area (Å²) in [4.78, 5) is 11.1. The van der Waals surface area contributed by atoms with Crippen LogP contribution in [0.3, 0.4) is 0 Å². The molecular formula is C15H16N6O2S. The van der Waals surface area contributed by atoms with Crippen LogP contribution < -0.4 is 10.6 Å². The Morgan fingerprint density at radius 2 is 2.08 bits per heavy atom. The Bertz CT molecular complexity index is 855. The molecule has 0 unspecified atom stereocenters. The molecule has 0 radical (unpaired) electrons. The predicted octanol–water partition coefficient (Wildman–Crippen LogP) is 1.74. The molecule has 2 aromatic heterocycles. The third-order valence-electron chi connectivity index (χ3n) is 3.27. The molecule has 24 heavy (non-hydrogen) atoms. The van der Waals surface area contributed by atoms with Crippen molar-refractivity contribution >= 4 is 17.5 Å². The van der Waals surface area contributed by atoms with Gasteiger partial charge in [0.25, 0.3) is 0 Å². The summed E-state index contributed by atoms with van der Waals surface area (Å²) in [7, 11) is 1.62. The summed E-state index contributed by atoms with van der Waals surface area (Å²) >= 11 is 1.24. The zero-order valence-electron chi connectivity index (χ0n) is 13.2. The maximum atomic E-state index is 11.1. The van der Waals surface area contributed by atoms with Gasteiger partial charge in [0.15, 0.2) is 0 Å². The van der Waals surface area contributed by atoms with Crippen molar-refractivity contribution in [1.29, 1.82) is 0 Å². The molecule has 0 fully saturated rings. The Morgan fingerprint density at radius 1 is 1.33 bits per heavy atom. The van der Waals surface area contributed by atoms with Crippen LogP contribution in [0.5, 0.6) is 5.75 Å². The number of hydrogen-bond donors (Lipinski definition) is 2. The molecule has 3 rings (SSSR count). The van der Waals surface area contributed by atoms with Gasteiger partial charge in [0, 0.05) is 5.56 Å². The molecule has 8 nitrogen and oxygen atoms in total. The highest BCUT2D eigenvalue weighted by atomic mass is 32.2. The molecule has 0 aliphatic carbocycles. The first-order chi connectivity index (χ1) is 11.6. The highest BCUT2D eigenvalue weighted by Crippen LogP contribution is 2.25. The number of nitrogens with one attached hydrogen (secondary N) is 1. The van der Waals surface area contributed by atoms with Gasteiger partial charge in [0.2, 0.25) is 11.0 Å². The number of thioether (sulfide) groups is 1. The standard InChI is InChI=1S/C15H16N6O2S/c1-9(22)8-24-15-20-19-14(21(15)16)13-7-12(17-18-13)10-3-5-11(23-2)6-4-10/h3-7H,8,16H2,1-2H3,(H,17,18). The Balaban J connectivity index is 1.83. The number of ketones is 1. The number of ether oxygens (including phenoxy) is 1. The number of aromatic amines is 1. The summed E-state index contributed by atoms with van der Waals surface area (Å²) in [6.07, 6.45) is 0. The molecular weight excluding hydrogens is 328 g/mol. The molecule has 0 bridgehead atoms. The molecule has 9 heteroatoms. The highest BCUT2D eigenvalue weighted by Gasteiger charge is 2.15. The fraction of sp³-hybridized carbons (Fsp3) is 0.200. The Labute approximate surface area is 142 Å². The molecule has 0 saturated heterocycles. The van der Waals surface area contributed by atoms with Crippen molar-refractivity contribution in [3.63, 3.8) is 0 Å². The normalized spacial score (nSPS) is 10.8. The number of H-pyrrole nitrogens is 1. The van der Waals surface area contributed by atoms with E-state index in [-0.39, 0.29) is 5.78 Å². The smallest absolute Gasteiger partial charge is 0.210 e. The summed E-state index contributed by atoms with van der Waals surface area (Å²) in [6.45, 7) is 1.52. The van der Waals surface area contributed by atoms with Crippen LogP contribution in [0.25, 0.3) is 22.8 Å². The number of benzene rings is 1. The van der Waals surface area contributed by atoms with Crippen LogP contribution in [-0.4, -0.2) is 43.7 Å². The second-order valence-electron chi connectivity index (χ2n) is 5.06. The van der Waals surface area contributed by atoms with E-state index in [1.807, 2.05) is 30.3 Å².